The standard InChI is InChI=1S/C17H21N3O5/c1-10(21)12(8-18)16(24)20-5-3-11(4-6-20)7-13(22)15-14(23)9-19(2)17(15)25/h11-12,15H,3-7,9H2,1-2H3. The number of Topliss-reactive ketones (excluding diaryl/α,β-unsaturated/α-hetero) is 3. The summed E-state index contributed by atoms with van der Waals surface area (Å²) in [4.78, 5) is 62.2. The molecule has 2 amide bonds. The van der Waals surface area contributed by atoms with Gasteiger partial charge in [-0.15, -0.1) is 0 Å². The van der Waals surface area contributed by atoms with Gasteiger partial charge in [-0.05, 0) is 25.7 Å². The van der Waals surface area contributed by atoms with Crippen LogP contribution in [0.2, 0.25) is 0 Å². The molecular weight excluding hydrogens is 326 g/mol. The Hall–Kier alpha value is -2.56. The van der Waals surface area contributed by atoms with Crippen molar-refractivity contribution >= 4 is 29.2 Å². The highest BCUT2D eigenvalue weighted by molar-refractivity contribution is 6.23. The molecule has 2 aliphatic heterocycles. The molecule has 2 heterocycles. The number of hydrogen-bond acceptors (Lipinski definition) is 6. The van der Waals surface area contributed by atoms with Crippen molar-refractivity contribution < 1.29 is 24.0 Å². The van der Waals surface area contributed by atoms with E-state index in [0.717, 1.165) is 0 Å². The fourth-order valence-electron chi connectivity index (χ4n) is 3.34. The lowest BCUT2D eigenvalue weighted by Gasteiger charge is -2.32. The maximum absolute atomic E-state index is 12.3. The van der Waals surface area contributed by atoms with Crippen LogP contribution in [-0.2, 0) is 24.0 Å². The second-order valence-corrected chi connectivity index (χ2v) is 6.71. The molecule has 0 aromatic carbocycles. The number of likely N-dealkylation sites (N-methyl/N-ethyl adjacent to an activating group) is 1. The topological polar surface area (TPSA) is 116 Å². The lowest BCUT2D eigenvalue weighted by molar-refractivity contribution is -0.139. The van der Waals surface area contributed by atoms with E-state index in [2.05, 4.69) is 0 Å². The third-order valence-electron chi connectivity index (χ3n) is 4.86. The smallest absolute Gasteiger partial charge is 0.247 e. The normalized spacial score (nSPS) is 22.7. The number of likely N-dealkylation sites (tertiary alicyclic amines) is 2. The summed E-state index contributed by atoms with van der Waals surface area (Å²) in [6.07, 6.45) is 1.21. The number of carbonyl (C=O) groups excluding carboxylic acids is 5. The summed E-state index contributed by atoms with van der Waals surface area (Å²) in [5.74, 6) is -4.60. The first-order chi connectivity index (χ1) is 11.8. The van der Waals surface area contributed by atoms with E-state index in [-0.39, 0.29) is 30.4 Å². The first-order valence-corrected chi connectivity index (χ1v) is 8.25. The number of carbonyl (C=O) groups is 5. The minimum atomic E-state index is -1.28. The molecule has 0 aromatic heterocycles. The molecule has 2 aliphatic rings. The first-order valence-electron chi connectivity index (χ1n) is 8.25. The van der Waals surface area contributed by atoms with Gasteiger partial charge in [0.2, 0.25) is 11.8 Å². The van der Waals surface area contributed by atoms with E-state index in [9.17, 15) is 24.0 Å². The van der Waals surface area contributed by atoms with Crippen LogP contribution in [0, 0.1) is 29.1 Å². The van der Waals surface area contributed by atoms with Crippen molar-refractivity contribution in [3.05, 3.63) is 0 Å². The van der Waals surface area contributed by atoms with Crippen LogP contribution in [0.4, 0.5) is 0 Å². The first kappa shape index (κ1) is 18.8. The Labute approximate surface area is 145 Å². The van der Waals surface area contributed by atoms with E-state index in [1.54, 1.807) is 6.07 Å². The summed E-state index contributed by atoms with van der Waals surface area (Å²) in [7, 11) is 1.50. The zero-order chi connectivity index (χ0) is 18.7. The summed E-state index contributed by atoms with van der Waals surface area (Å²) in [5, 5.41) is 8.93. The van der Waals surface area contributed by atoms with E-state index in [4.69, 9.17) is 5.26 Å². The highest BCUT2D eigenvalue weighted by Gasteiger charge is 2.42. The Morgan fingerprint density at radius 1 is 1.24 bits per heavy atom. The van der Waals surface area contributed by atoms with Crippen molar-refractivity contribution in [3.8, 4) is 6.07 Å². The zero-order valence-corrected chi connectivity index (χ0v) is 14.4. The third-order valence-corrected chi connectivity index (χ3v) is 4.86. The molecule has 0 N–H and O–H groups in total. The number of nitrogens with zero attached hydrogens (tertiary/aromatic N) is 3. The lowest BCUT2D eigenvalue weighted by atomic mass is 9.86. The van der Waals surface area contributed by atoms with Gasteiger partial charge >= 0.3 is 0 Å². The number of amides is 2. The van der Waals surface area contributed by atoms with Crippen molar-refractivity contribution in [1.82, 2.24) is 9.80 Å². The SMILES string of the molecule is CC(=O)C(C#N)C(=O)N1CCC(CC(=O)C2C(=O)CN(C)C2=O)CC1. The van der Waals surface area contributed by atoms with Crippen LogP contribution in [-0.4, -0.2) is 65.6 Å². The molecule has 2 rings (SSSR count). The number of piperidine rings is 1. The molecule has 2 fully saturated rings. The van der Waals surface area contributed by atoms with Crippen LogP contribution in [0.15, 0.2) is 0 Å². The van der Waals surface area contributed by atoms with Crippen molar-refractivity contribution in [1.29, 1.82) is 5.26 Å². The van der Waals surface area contributed by atoms with Crippen molar-refractivity contribution in [2.75, 3.05) is 26.7 Å². The molecule has 8 heteroatoms. The van der Waals surface area contributed by atoms with Crippen LogP contribution in [0.25, 0.3) is 0 Å². The molecule has 8 nitrogen and oxygen atoms in total. The van der Waals surface area contributed by atoms with Gasteiger partial charge in [0.05, 0.1) is 12.6 Å². The van der Waals surface area contributed by atoms with Crippen molar-refractivity contribution in [2.45, 2.75) is 26.2 Å². The molecule has 0 spiro atoms. The Bertz CT molecular complexity index is 658. The maximum Gasteiger partial charge on any atom is 0.247 e. The van der Waals surface area contributed by atoms with Crippen molar-refractivity contribution in [3.63, 3.8) is 0 Å². The Morgan fingerprint density at radius 2 is 1.84 bits per heavy atom. The predicted octanol–water partition coefficient (Wildman–Crippen LogP) is -0.430. The van der Waals surface area contributed by atoms with Gasteiger partial charge in [0.1, 0.15) is 0 Å². The van der Waals surface area contributed by atoms with E-state index in [0.29, 0.717) is 25.9 Å². The predicted molar refractivity (Wildman–Crippen MR) is 84.8 cm³/mol. The molecule has 2 atom stereocenters. The van der Waals surface area contributed by atoms with Crippen LogP contribution in [0.1, 0.15) is 26.2 Å². The molecule has 134 valence electrons. The Balaban J connectivity index is 1.89. The summed E-state index contributed by atoms with van der Waals surface area (Å²) >= 11 is 0. The number of ketones is 3. The van der Waals surface area contributed by atoms with Gasteiger partial charge in [0.15, 0.2) is 29.2 Å². The minimum Gasteiger partial charge on any atom is -0.341 e. The second kappa shape index (κ2) is 7.55. The zero-order valence-electron chi connectivity index (χ0n) is 14.4. The van der Waals surface area contributed by atoms with E-state index < -0.39 is 29.4 Å². The van der Waals surface area contributed by atoms with Crippen LogP contribution in [0.5, 0.6) is 0 Å². The molecule has 0 aromatic rings. The molecule has 2 saturated heterocycles. The van der Waals surface area contributed by atoms with E-state index in [1.807, 2.05) is 0 Å². The Morgan fingerprint density at radius 3 is 2.28 bits per heavy atom. The van der Waals surface area contributed by atoms with E-state index >= 15 is 0 Å². The van der Waals surface area contributed by atoms with Crippen LogP contribution in [0.3, 0.4) is 0 Å². The number of hydrogen-bond donors (Lipinski definition) is 0. The van der Waals surface area contributed by atoms with Gasteiger partial charge in [-0.3, -0.25) is 24.0 Å². The van der Waals surface area contributed by atoms with Gasteiger partial charge in [0, 0.05) is 26.6 Å². The van der Waals surface area contributed by atoms with Gasteiger partial charge in [-0.1, -0.05) is 0 Å². The maximum atomic E-state index is 12.3. The molecule has 2 unspecified atom stereocenters. The third kappa shape index (κ3) is 3.92. The van der Waals surface area contributed by atoms with E-state index in [1.165, 1.54) is 23.8 Å². The molecule has 0 radical (unpaired) electrons. The van der Waals surface area contributed by atoms with Gasteiger partial charge < -0.3 is 9.80 Å². The monoisotopic (exact) mass is 347 g/mol. The quantitative estimate of drug-likeness (QED) is 0.623. The highest BCUT2D eigenvalue weighted by atomic mass is 16.2. The average Bonchev–Trinajstić information content (AvgIpc) is 2.80. The average molecular weight is 347 g/mol. The molecule has 0 saturated carbocycles. The fourth-order valence-corrected chi connectivity index (χ4v) is 3.34. The van der Waals surface area contributed by atoms with Crippen LogP contribution < -0.4 is 0 Å². The lowest BCUT2D eigenvalue weighted by Crippen LogP contribution is -2.43. The summed E-state index contributed by atoms with van der Waals surface area (Å²) in [5.41, 5.74) is 0. The van der Waals surface area contributed by atoms with Gasteiger partial charge in [-0.2, -0.15) is 5.26 Å². The molecule has 25 heavy (non-hydrogen) atoms. The molecule has 0 bridgehead atoms. The second-order valence-electron chi connectivity index (χ2n) is 6.71. The molecule has 0 aliphatic carbocycles. The minimum absolute atomic E-state index is 0.0130. The molecular formula is C17H21N3O5. The van der Waals surface area contributed by atoms with Gasteiger partial charge in [0.25, 0.3) is 0 Å². The highest BCUT2D eigenvalue weighted by Crippen LogP contribution is 2.25. The van der Waals surface area contributed by atoms with Gasteiger partial charge in [-0.25, -0.2) is 0 Å². The van der Waals surface area contributed by atoms with Crippen molar-refractivity contribution in [2.24, 2.45) is 17.8 Å². The summed E-state index contributed by atoms with van der Waals surface area (Å²) < 4.78 is 0. The Kier molecular flexibility index (Phi) is 5.67. The fraction of sp³-hybridized carbons (Fsp3) is 0.647. The summed E-state index contributed by atoms with van der Waals surface area (Å²) in [6, 6.07) is 1.72. The summed E-state index contributed by atoms with van der Waals surface area (Å²) in [6.45, 7) is 1.90. The van der Waals surface area contributed by atoms with Crippen LogP contribution >= 0.6 is 0 Å². The number of nitriles is 1. The number of rotatable bonds is 5. The largest absolute Gasteiger partial charge is 0.341 e.